The van der Waals surface area contributed by atoms with Crippen LogP contribution >= 0.6 is 11.8 Å². The van der Waals surface area contributed by atoms with Crippen molar-refractivity contribution in [2.24, 2.45) is 4.99 Å². The highest BCUT2D eigenvalue weighted by Crippen LogP contribution is 2.19. The fraction of sp³-hybridized carbons (Fsp3) is 0.423. The number of nitrogens with one attached hydrogen (secondary N) is 1. The van der Waals surface area contributed by atoms with Gasteiger partial charge in [0, 0.05) is 31.4 Å². The van der Waals surface area contributed by atoms with Crippen molar-refractivity contribution in [2.45, 2.75) is 39.7 Å². The fourth-order valence-electron chi connectivity index (χ4n) is 3.26. The molecule has 1 amide bonds. The Balaban J connectivity index is 0.000000437. The second kappa shape index (κ2) is 16.7. The lowest BCUT2D eigenvalue weighted by Crippen LogP contribution is -2.46. The number of piperidine rings is 1. The maximum Gasteiger partial charge on any atom is 0.394 e. The molecule has 1 fully saturated rings. The van der Waals surface area contributed by atoms with E-state index in [0.29, 0.717) is 0 Å². The Labute approximate surface area is 207 Å². The number of nitrogens with zero attached hydrogens (tertiary/aromatic N) is 2. The topological polar surface area (TPSA) is 91.2 Å². The monoisotopic (exact) mass is 487 g/mol. The van der Waals surface area contributed by atoms with Crippen molar-refractivity contribution in [1.82, 2.24) is 10.2 Å². The van der Waals surface area contributed by atoms with Crippen LogP contribution in [0.15, 0.2) is 76.7 Å². The van der Waals surface area contributed by atoms with E-state index in [-0.39, 0.29) is 6.04 Å². The number of allylic oxidation sites excluding steroid dienone is 7. The van der Waals surface area contributed by atoms with E-state index in [9.17, 15) is 9.59 Å². The number of likely N-dealkylation sites (tertiary alicyclic amines) is 1. The van der Waals surface area contributed by atoms with Crippen LogP contribution in [-0.2, 0) is 14.3 Å². The summed E-state index contributed by atoms with van der Waals surface area (Å²) >= 11 is 1.70. The Morgan fingerprint density at radius 2 is 2.00 bits per heavy atom. The molecule has 0 saturated carbocycles. The van der Waals surface area contributed by atoms with Gasteiger partial charge in [-0.1, -0.05) is 37.0 Å². The molecule has 0 aromatic heterocycles. The number of amides is 1. The van der Waals surface area contributed by atoms with Gasteiger partial charge >= 0.3 is 11.9 Å². The van der Waals surface area contributed by atoms with Crippen molar-refractivity contribution >= 4 is 29.2 Å². The molecular weight excluding hydrogens is 450 g/mol. The van der Waals surface area contributed by atoms with Crippen molar-refractivity contribution < 1.29 is 19.4 Å². The largest absolute Gasteiger partial charge is 0.501 e. The van der Waals surface area contributed by atoms with Gasteiger partial charge in [0.2, 0.25) is 0 Å². The molecule has 2 aliphatic heterocycles. The third kappa shape index (κ3) is 11.3. The predicted octanol–water partition coefficient (Wildman–Crippen LogP) is 4.48. The van der Waals surface area contributed by atoms with Crippen LogP contribution in [0.3, 0.4) is 0 Å². The molecule has 2 heterocycles. The lowest BCUT2D eigenvalue weighted by molar-refractivity contribution is -0.150. The number of aliphatic imine (C=N–C) groups is 1. The van der Waals surface area contributed by atoms with E-state index >= 15 is 0 Å². The average molecular weight is 488 g/mol. The molecule has 186 valence electrons. The Morgan fingerprint density at radius 3 is 2.56 bits per heavy atom. The second-order valence-electron chi connectivity index (χ2n) is 7.71. The van der Waals surface area contributed by atoms with Gasteiger partial charge in [-0.15, -0.1) is 11.8 Å². The van der Waals surface area contributed by atoms with Gasteiger partial charge in [0.15, 0.2) is 0 Å². The highest BCUT2D eigenvalue weighted by molar-refractivity contribution is 8.12. The van der Waals surface area contributed by atoms with E-state index in [4.69, 9.17) is 9.84 Å². The highest BCUT2D eigenvalue weighted by atomic mass is 32.2. The Hall–Kier alpha value is -2.84. The first-order valence-corrected chi connectivity index (χ1v) is 12.3. The van der Waals surface area contributed by atoms with Crippen molar-refractivity contribution in [3.05, 3.63) is 71.7 Å². The van der Waals surface area contributed by atoms with Crippen molar-refractivity contribution in [3.8, 4) is 0 Å². The smallest absolute Gasteiger partial charge is 0.394 e. The van der Waals surface area contributed by atoms with Crippen molar-refractivity contribution in [3.63, 3.8) is 0 Å². The summed E-state index contributed by atoms with van der Waals surface area (Å²) in [5.74, 6) is -0.501. The van der Waals surface area contributed by atoms with Crippen LogP contribution in [0, 0.1) is 0 Å². The number of carbonyl (C=O) groups is 2. The number of carboxylic acids is 1. The summed E-state index contributed by atoms with van der Waals surface area (Å²) < 4.78 is 5.13. The first kappa shape index (κ1) is 29.2. The van der Waals surface area contributed by atoms with E-state index in [1.165, 1.54) is 11.1 Å². The molecule has 0 spiro atoms. The average Bonchev–Trinajstić information content (AvgIpc) is 2.84. The summed E-state index contributed by atoms with van der Waals surface area (Å²) in [5, 5.41) is 11.2. The molecule has 2 rings (SSSR count). The third-order valence-corrected chi connectivity index (χ3v) is 5.90. The van der Waals surface area contributed by atoms with Crippen LogP contribution in [0.25, 0.3) is 0 Å². The van der Waals surface area contributed by atoms with Crippen LogP contribution in [0.2, 0.25) is 0 Å². The molecule has 0 aromatic rings. The summed E-state index contributed by atoms with van der Waals surface area (Å²) in [7, 11) is 1.64. The van der Waals surface area contributed by atoms with E-state index in [2.05, 4.69) is 27.9 Å². The standard InChI is InChI=1S/C17H26N2O4.C9H11NS/c1-4-5-14(7-6-13(2)23-3)12-19-10-8-15(9-11-19)18-16(20)17(21)22;1-3-5-9-8(4-2)6-11-7-10-9/h4-7,15H,8-12H2,1-3H3,(H,18,20)(H,21,22);3-5,7H,2,6H2,1H3/b5-4-,13-6+,14-7+;5-3-. The maximum absolute atomic E-state index is 11.2. The van der Waals surface area contributed by atoms with Gasteiger partial charge in [-0.3, -0.25) is 9.69 Å². The number of ether oxygens (including phenoxy) is 1. The zero-order valence-corrected chi connectivity index (χ0v) is 21.4. The predicted molar refractivity (Wildman–Crippen MR) is 142 cm³/mol. The highest BCUT2D eigenvalue weighted by Gasteiger charge is 2.23. The number of carboxylic acid groups (broad SMARTS) is 1. The summed E-state index contributed by atoms with van der Waals surface area (Å²) in [6, 6.07) is -0.0559. The Morgan fingerprint density at radius 1 is 1.29 bits per heavy atom. The minimum Gasteiger partial charge on any atom is -0.501 e. The zero-order chi connectivity index (χ0) is 25.3. The van der Waals surface area contributed by atoms with Crippen LogP contribution in [0.5, 0.6) is 0 Å². The summed E-state index contributed by atoms with van der Waals surface area (Å²) in [6.07, 6.45) is 15.4. The molecule has 1 saturated heterocycles. The van der Waals surface area contributed by atoms with Gasteiger partial charge in [0.25, 0.3) is 0 Å². The van der Waals surface area contributed by atoms with Gasteiger partial charge in [-0.2, -0.15) is 0 Å². The SMILES string of the molecule is C=CC1=C(/C=C\C)N=CSC1.C\C=C/C(=C\C=C(/C)OC)CN1CCC(NC(=O)C(=O)O)CC1. The lowest BCUT2D eigenvalue weighted by Gasteiger charge is -2.32. The van der Waals surface area contributed by atoms with E-state index < -0.39 is 11.9 Å². The van der Waals surface area contributed by atoms with Gasteiger partial charge in [0.05, 0.1) is 24.1 Å². The number of hydrogen-bond acceptors (Lipinski definition) is 6. The molecule has 2 N–H and O–H groups in total. The number of rotatable bonds is 8. The van der Waals surface area contributed by atoms with Crippen LogP contribution in [-0.4, -0.2) is 66.0 Å². The minimum atomic E-state index is -1.42. The van der Waals surface area contributed by atoms with Crippen molar-refractivity contribution in [2.75, 3.05) is 32.5 Å². The first-order valence-electron chi connectivity index (χ1n) is 11.3. The Kier molecular flexibility index (Phi) is 14.4. The maximum atomic E-state index is 11.2. The van der Waals surface area contributed by atoms with Crippen LogP contribution in [0.4, 0.5) is 0 Å². The summed E-state index contributed by atoms with van der Waals surface area (Å²) in [6.45, 7) is 12.1. The van der Waals surface area contributed by atoms with E-state index in [0.717, 1.165) is 49.7 Å². The normalized spacial score (nSPS) is 18.1. The number of thioether (sulfide) groups is 1. The molecule has 0 radical (unpaired) electrons. The molecule has 0 aromatic carbocycles. The van der Waals surface area contributed by atoms with Gasteiger partial charge in [-0.25, -0.2) is 9.79 Å². The zero-order valence-electron chi connectivity index (χ0n) is 20.6. The quantitative estimate of drug-likeness (QED) is 0.298. The molecule has 0 unspecified atom stereocenters. The van der Waals surface area contributed by atoms with E-state index in [1.54, 1.807) is 18.9 Å². The number of methoxy groups -OCH3 is 1. The minimum absolute atomic E-state index is 0.0559. The van der Waals surface area contributed by atoms with Crippen molar-refractivity contribution in [1.29, 1.82) is 0 Å². The van der Waals surface area contributed by atoms with Gasteiger partial charge in [0.1, 0.15) is 0 Å². The molecule has 2 aliphatic rings. The number of carbonyl (C=O) groups excluding carboxylic acids is 1. The lowest BCUT2D eigenvalue weighted by atomic mass is 10.0. The number of aliphatic carboxylic acids is 1. The van der Waals surface area contributed by atoms with Gasteiger partial charge < -0.3 is 15.2 Å². The molecule has 8 heteroatoms. The molecule has 34 heavy (non-hydrogen) atoms. The fourth-order valence-corrected chi connectivity index (χ4v) is 3.97. The third-order valence-electron chi connectivity index (χ3n) is 5.16. The second-order valence-corrected chi connectivity index (χ2v) is 8.55. The summed E-state index contributed by atoms with van der Waals surface area (Å²) in [5.41, 5.74) is 5.32. The first-order chi connectivity index (χ1) is 16.3. The van der Waals surface area contributed by atoms with Crippen LogP contribution in [0.1, 0.15) is 33.6 Å². The molecule has 7 nitrogen and oxygen atoms in total. The van der Waals surface area contributed by atoms with Gasteiger partial charge in [-0.05, 0) is 56.9 Å². The number of hydrogen-bond donors (Lipinski definition) is 2. The summed E-state index contributed by atoms with van der Waals surface area (Å²) in [4.78, 5) is 28.3. The van der Waals surface area contributed by atoms with E-state index in [1.807, 2.05) is 62.8 Å². The molecule has 0 bridgehead atoms. The molecular formula is C26H37N3O4S. The Bertz CT molecular complexity index is 872. The van der Waals surface area contributed by atoms with Crippen LogP contribution < -0.4 is 5.32 Å². The molecule has 0 aliphatic carbocycles. The molecule has 0 atom stereocenters.